The normalized spacial score (nSPS) is 19.7. The van der Waals surface area contributed by atoms with E-state index < -0.39 is 24.2 Å². The number of cyclic esters (lactones) is 1. The molecule has 3 heterocycles. The van der Waals surface area contributed by atoms with Gasteiger partial charge < -0.3 is 19.8 Å². The van der Waals surface area contributed by atoms with Crippen molar-refractivity contribution in [2.24, 2.45) is 0 Å². The third-order valence-corrected chi connectivity index (χ3v) is 4.25. The second-order valence-corrected chi connectivity index (χ2v) is 6.33. The predicted molar refractivity (Wildman–Crippen MR) is 92.4 cm³/mol. The Hall–Kier alpha value is -2.68. The van der Waals surface area contributed by atoms with E-state index in [-0.39, 0.29) is 18.5 Å². The summed E-state index contributed by atoms with van der Waals surface area (Å²) in [7, 11) is 0. The van der Waals surface area contributed by atoms with Gasteiger partial charge in [-0.15, -0.1) is 0 Å². The van der Waals surface area contributed by atoms with Gasteiger partial charge in [0.25, 0.3) is 5.56 Å². The number of carbonyl (C=O) groups is 2. The van der Waals surface area contributed by atoms with Gasteiger partial charge >= 0.3 is 5.97 Å². The van der Waals surface area contributed by atoms with Crippen LogP contribution in [0.1, 0.15) is 31.7 Å². The molecule has 0 aliphatic carbocycles. The fraction of sp³-hybridized carbons (Fsp3) is 0.529. The summed E-state index contributed by atoms with van der Waals surface area (Å²) in [6.45, 7) is 4.12. The Kier molecular flexibility index (Phi) is 5.36. The van der Waals surface area contributed by atoms with Crippen LogP contribution in [0.4, 0.5) is 0 Å². The number of rotatable bonds is 7. The highest BCUT2D eigenvalue weighted by Gasteiger charge is 2.36. The van der Waals surface area contributed by atoms with Crippen molar-refractivity contribution in [1.29, 1.82) is 0 Å². The molecule has 3 rings (SSSR count). The Labute approximate surface area is 149 Å². The third-order valence-electron chi connectivity index (χ3n) is 4.25. The summed E-state index contributed by atoms with van der Waals surface area (Å²) in [5, 5.41) is 2.71. The summed E-state index contributed by atoms with van der Waals surface area (Å²) in [4.78, 5) is 43.3. The monoisotopic (exact) mass is 362 g/mol. The quantitative estimate of drug-likeness (QED) is 0.551. The molecule has 26 heavy (non-hydrogen) atoms. The molecule has 9 heteroatoms. The largest absolute Gasteiger partial charge is 0.433 e. The Morgan fingerprint density at radius 3 is 3.08 bits per heavy atom. The number of aromatic nitrogens is 3. The molecule has 1 saturated heterocycles. The van der Waals surface area contributed by atoms with E-state index in [4.69, 9.17) is 9.47 Å². The first kappa shape index (κ1) is 18.1. The highest BCUT2D eigenvalue weighted by atomic mass is 16.7. The first-order valence-corrected chi connectivity index (χ1v) is 8.63. The molecule has 0 aromatic carbocycles. The Morgan fingerprint density at radius 1 is 1.50 bits per heavy atom. The first-order valence-electron chi connectivity index (χ1n) is 8.63. The number of ether oxygens (including phenoxy) is 2. The van der Waals surface area contributed by atoms with Crippen molar-refractivity contribution in [3.63, 3.8) is 0 Å². The average Bonchev–Trinajstić information content (AvgIpc) is 3.14. The maximum Gasteiger partial charge on any atom is 0.310 e. The summed E-state index contributed by atoms with van der Waals surface area (Å²) in [6.07, 6.45) is 4.09. The van der Waals surface area contributed by atoms with Crippen LogP contribution in [0.3, 0.4) is 0 Å². The Bertz CT molecular complexity index is 872. The summed E-state index contributed by atoms with van der Waals surface area (Å²) in [5.74, 6) is -0.831. The lowest BCUT2D eigenvalue weighted by molar-refractivity contribution is -0.165. The van der Waals surface area contributed by atoms with Crippen LogP contribution in [-0.4, -0.2) is 45.4 Å². The molecule has 1 aliphatic heterocycles. The van der Waals surface area contributed by atoms with E-state index in [0.717, 1.165) is 18.4 Å². The van der Waals surface area contributed by atoms with E-state index in [0.29, 0.717) is 17.6 Å². The van der Waals surface area contributed by atoms with Crippen LogP contribution < -0.4 is 10.9 Å². The fourth-order valence-electron chi connectivity index (χ4n) is 2.84. The van der Waals surface area contributed by atoms with Crippen molar-refractivity contribution in [1.82, 2.24) is 19.9 Å². The molecule has 2 atom stereocenters. The summed E-state index contributed by atoms with van der Waals surface area (Å²) in [5.41, 5.74) is 1.49. The second-order valence-electron chi connectivity index (χ2n) is 6.33. The number of unbranched alkanes of at least 4 members (excludes halogenated alkanes) is 1. The Morgan fingerprint density at radius 2 is 2.31 bits per heavy atom. The number of carbonyl (C=O) groups excluding carboxylic acids is 2. The number of hydrogen-bond acceptors (Lipinski definition) is 6. The van der Waals surface area contributed by atoms with E-state index in [1.54, 1.807) is 6.20 Å². The lowest BCUT2D eigenvalue weighted by Gasteiger charge is -2.19. The van der Waals surface area contributed by atoms with E-state index >= 15 is 0 Å². The van der Waals surface area contributed by atoms with Crippen molar-refractivity contribution in [3.8, 4) is 0 Å². The number of esters is 1. The van der Waals surface area contributed by atoms with Gasteiger partial charge in [-0.3, -0.25) is 19.0 Å². The van der Waals surface area contributed by atoms with E-state index in [9.17, 15) is 14.4 Å². The van der Waals surface area contributed by atoms with Gasteiger partial charge in [0.15, 0.2) is 0 Å². The van der Waals surface area contributed by atoms with Gasteiger partial charge in [-0.1, -0.05) is 13.3 Å². The molecule has 0 saturated carbocycles. The predicted octanol–water partition coefficient (Wildman–Crippen LogP) is 0.608. The van der Waals surface area contributed by atoms with Crippen LogP contribution in [-0.2, 0) is 25.6 Å². The standard InChI is InChI=1S/C17H22N4O5/c1-3-4-5-25-17-11(6-13(23)26-17)20-12(22)8-21-9-19-14-10(2)7-18-15(14)16(21)24/h7,9,11,17-18H,3-6,8H2,1-2H3,(H,20,22)/t11-,17?/m0/s1. The highest BCUT2D eigenvalue weighted by molar-refractivity contribution is 5.80. The minimum Gasteiger partial charge on any atom is -0.433 e. The van der Waals surface area contributed by atoms with Gasteiger partial charge in [-0.25, -0.2) is 4.98 Å². The van der Waals surface area contributed by atoms with Gasteiger partial charge in [-0.05, 0) is 18.9 Å². The van der Waals surface area contributed by atoms with Crippen molar-refractivity contribution >= 4 is 22.9 Å². The van der Waals surface area contributed by atoms with Crippen molar-refractivity contribution in [2.75, 3.05) is 6.61 Å². The molecule has 1 unspecified atom stereocenters. The molecule has 1 aliphatic rings. The van der Waals surface area contributed by atoms with Crippen LogP contribution in [0, 0.1) is 6.92 Å². The number of nitrogens with zero attached hydrogens (tertiary/aromatic N) is 2. The highest BCUT2D eigenvalue weighted by Crippen LogP contribution is 2.17. The summed E-state index contributed by atoms with van der Waals surface area (Å²) >= 11 is 0. The minimum atomic E-state index is -0.790. The molecule has 2 N–H and O–H groups in total. The van der Waals surface area contributed by atoms with Crippen LogP contribution in [0.5, 0.6) is 0 Å². The number of H-pyrrole nitrogens is 1. The molecule has 0 bridgehead atoms. The fourth-order valence-corrected chi connectivity index (χ4v) is 2.84. The zero-order chi connectivity index (χ0) is 18.7. The zero-order valence-electron chi connectivity index (χ0n) is 14.8. The number of aryl methyl sites for hydroxylation is 1. The van der Waals surface area contributed by atoms with Crippen molar-refractivity contribution < 1.29 is 19.1 Å². The molecule has 2 aromatic rings. The molecule has 0 radical (unpaired) electrons. The molecule has 0 spiro atoms. The summed E-state index contributed by atoms with van der Waals surface area (Å²) in [6, 6.07) is -0.563. The number of hydrogen-bond donors (Lipinski definition) is 2. The molecule has 1 amide bonds. The second kappa shape index (κ2) is 7.69. The third kappa shape index (κ3) is 3.77. The molecule has 9 nitrogen and oxygen atoms in total. The van der Waals surface area contributed by atoms with Crippen LogP contribution in [0.25, 0.3) is 11.0 Å². The SMILES string of the molecule is CCCCOC1OC(=O)C[C@@H]1NC(=O)Cn1cnc2c(C)c[nH]c2c1=O. The maximum atomic E-state index is 12.4. The molecular formula is C17H22N4O5. The topological polar surface area (TPSA) is 115 Å². The van der Waals surface area contributed by atoms with Gasteiger partial charge in [0, 0.05) is 6.20 Å². The number of aromatic amines is 1. The van der Waals surface area contributed by atoms with E-state index in [1.807, 2.05) is 13.8 Å². The number of nitrogens with one attached hydrogen (secondary N) is 2. The molecule has 2 aromatic heterocycles. The number of amides is 1. The minimum absolute atomic E-state index is 0.0462. The van der Waals surface area contributed by atoms with Crippen LogP contribution in [0.2, 0.25) is 0 Å². The van der Waals surface area contributed by atoms with Crippen molar-refractivity contribution in [3.05, 3.63) is 28.4 Å². The Balaban J connectivity index is 1.65. The zero-order valence-corrected chi connectivity index (χ0v) is 14.8. The van der Waals surface area contributed by atoms with Gasteiger partial charge in [-0.2, -0.15) is 0 Å². The van der Waals surface area contributed by atoms with Gasteiger partial charge in [0.2, 0.25) is 12.2 Å². The molecule has 140 valence electrons. The molecular weight excluding hydrogens is 340 g/mol. The number of fused-ring (bicyclic) bond motifs is 1. The van der Waals surface area contributed by atoms with E-state index in [2.05, 4.69) is 15.3 Å². The van der Waals surface area contributed by atoms with E-state index in [1.165, 1.54) is 10.9 Å². The smallest absolute Gasteiger partial charge is 0.310 e. The first-order chi connectivity index (χ1) is 12.5. The lowest BCUT2D eigenvalue weighted by Crippen LogP contribution is -2.44. The van der Waals surface area contributed by atoms with Gasteiger partial charge in [0.1, 0.15) is 18.1 Å². The van der Waals surface area contributed by atoms with Crippen LogP contribution in [0.15, 0.2) is 17.3 Å². The maximum absolute atomic E-state index is 12.4. The average molecular weight is 362 g/mol. The van der Waals surface area contributed by atoms with Crippen molar-refractivity contribution in [2.45, 2.75) is 52.0 Å². The van der Waals surface area contributed by atoms with Gasteiger partial charge in [0.05, 0.1) is 24.9 Å². The van der Waals surface area contributed by atoms with Crippen LogP contribution >= 0.6 is 0 Å². The molecule has 1 fully saturated rings. The summed E-state index contributed by atoms with van der Waals surface area (Å²) < 4.78 is 11.8. The lowest BCUT2D eigenvalue weighted by atomic mass is 10.2.